The van der Waals surface area contributed by atoms with Gasteiger partial charge >= 0.3 is 0 Å². The van der Waals surface area contributed by atoms with Crippen LogP contribution in [0.25, 0.3) is 0 Å². The lowest BCUT2D eigenvalue weighted by Gasteiger charge is -2.38. The van der Waals surface area contributed by atoms with Crippen molar-refractivity contribution in [1.82, 2.24) is 15.0 Å². The van der Waals surface area contributed by atoms with Crippen LogP contribution in [0.15, 0.2) is 35.1 Å². The molecule has 4 heterocycles. The quantitative estimate of drug-likeness (QED) is 0.871. The number of ether oxygens (including phenoxy) is 1. The van der Waals surface area contributed by atoms with Crippen LogP contribution in [0.1, 0.15) is 41.8 Å². The highest BCUT2D eigenvalue weighted by atomic mass is 16.5. The van der Waals surface area contributed by atoms with Crippen molar-refractivity contribution in [3.05, 3.63) is 41.9 Å². The van der Waals surface area contributed by atoms with E-state index in [9.17, 15) is 4.79 Å². The van der Waals surface area contributed by atoms with Crippen molar-refractivity contribution in [1.29, 1.82) is 0 Å². The number of carbonyl (C=O) groups excluding carboxylic acids is 1. The second kappa shape index (κ2) is 5.68. The molecule has 2 aliphatic heterocycles. The van der Waals surface area contributed by atoms with Gasteiger partial charge in [-0.1, -0.05) is 11.2 Å². The maximum absolute atomic E-state index is 12.8. The second-order valence-corrected chi connectivity index (χ2v) is 6.27. The molecule has 0 N–H and O–H groups in total. The summed E-state index contributed by atoms with van der Waals surface area (Å²) < 4.78 is 11.0. The smallest absolute Gasteiger partial charge is 0.259 e. The first-order valence-electron chi connectivity index (χ1n) is 8.04. The monoisotopic (exact) mass is 313 g/mol. The Morgan fingerprint density at radius 1 is 1.30 bits per heavy atom. The highest BCUT2D eigenvalue weighted by molar-refractivity contribution is 5.95. The summed E-state index contributed by atoms with van der Waals surface area (Å²) in [7, 11) is 0. The highest BCUT2D eigenvalue weighted by Crippen LogP contribution is 2.38. The van der Waals surface area contributed by atoms with E-state index in [2.05, 4.69) is 10.1 Å². The summed E-state index contributed by atoms with van der Waals surface area (Å²) in [6, 6.07) is 6.12. The van der Waals surface area contributed by atoms with Gasteiger partial charge in [-0.15, -0.1) is 0 Å². The molecule has 0 saturated carbocycles. The van der Waals surface area contributed by atoms with Crippen LogP contribution in [-0.2, 0) is 0 Å². The molecule has 0 spiro atoms. The fourth-order valence-corrected chi connectivity index (χ4v) is 3.79. The number of rotatable bonds is 3. The van der Waals surface area contributed by atoms with Crippen LogP contribution in [0.3, 0.4) is 0 Å². The molecule has 2 aromatic rings. The Bertz CT molecular complexity index is 686. The van der Waals surface area contributed by atoms with Crippen molar-refractivity contribution in [2.75, 3.05) is 0 Å². The lowest BCUT2D eigenvalue weighted by molar-refractivity contribution is 0.0346. The van der Waals surface area contributed by atoms with Crippen LogP contribution in [0, 0.1) is 6.92 Å². The average molecular weight is 313 g/mol. The summed E-state index contributed by atoms with van der Waals surface area (Å²) in [5.74, 6) is 1.28. The van der Waals surface area contributed by atoms with Gasteiger partial charge in [0.1, 0.15) is 17.4 Å². The highest BCUT2D eigenvalue weighted by Gasteiger charge is 2.44. The minimum Gasteiger partial charge on any atom is -0.474 e. The predicted octanol–water partition coefficient (Wildman–Crippen LogP) is 2.59. The van der Waals surface area contributed by atoms with Gasteiger partial charge in [0, 0.05) is 37.2 Å². The molecule has 2 unspecified atom stereocenters. The molecule has 2 fully saturated rings. The molecule has 0 aromatic carbocycles. The fraction of sp³-hybridized carbons (Fsp3) is 0.471. The van der Waals surface area contributed by atoms with E-state index in [1.165, 1.54) is 6.20 Å². The molecule has 4 rings (SSSR count). The summed E-state index contributed by atoms with van der Waals surface area (Å²) in [4.78, 5) is 19.0. The largest absolute Gasteiger partial charge is 0.474 e. The number of piperidine rings is 1. The predicted molar refractivity (Wildman–Crippen MR) is 82.1 cm³/mol. The Kier molecular flexibility index (Phi) is 3.52. The number of carbonyl (C=O) groups is 1. The van der Waals surface area contributed by atoms with E-state index >= 15 is 0 Å². The number of hydrogen-bond acceptors (Lipinski definition) is 5. The molecule has 2 aliphatic rings. The third-order valence-corrected chi connectivity index (χ3v) is 4.83. The molecular weight excluding hydrogens is 294 g/mol. The van der Waals surface area contributed by atoms with Crippen LogP contribution < -0.4 is 4.74 Å². The van der Waals surface area contributed by atoms with Gasteiger partial charge in [-0.2, -0.15) is 0 Å². The lowest BCUT2D eigenvalue weighted by Crippen LogP contribution is -2.49. The van der Waals surface area contributed by atoms with Crippen LogP contribution in [-0.4, -0.2) is 39.1 Å². The Morgan fingerprint density at radius 3 is 2.70 bits per heavy atom. The zero-order valence-electron chi connectivity index (χ0n) is 13.0. The summed E-state index contributed by atoms with van der Waals surface area (Å²) >= 11 is 0. The molecule has 6 heteroatoms. The third kappa shape index (κ3) is 2.58. The molecule has 1 amide bonds. The molecule has 23 heavy (non-hydrogen) atoms. The zero-order valence-corrected chi connectivity index (χ0v) is 13.0. The van der Waals surface area contributed by atoms with E-state index in [0.29, 0.717) is 17.2 Å². The van der Waals surface area contributed by atoms with Crippen LogP contribution in [0.4, 0.5) is 0 Å². The van der Waals surface area contributed by atoms with Crippen molar-refractivity contribution in [3.63, 3.8) is 0 Å². The number of aromatic nitrogens is 2. The zero-order chi connectivity index (χ0) is 15.8. The summed E-state index contributed by atoms with van der Waals surface area (Å²) in [6.07, 6.45) is 7.14. The van der Waals surface area contributed by atoms with Crippen molar-refractivity contribution in [2.45, 2.75) is 50.8 Å². The van der Waals surface area contributed by atoms with Crippen molar-refractivity contribution in [3.8, 4) is 5.88 Å². The molecule has 2 bridgehead atoms. The van der Waals surface area contributed by atoms with Gasteiger partial charge in [-0.25, -0.2) is 4.98 Å². The van der Waals surface area contributed by atoms with E-state index in [1.54, 1.807) is 13.1 Å². The fourth-order valence-electron chi connectivity index (χ4n) is 3.79. The van der Waals surface area contributed by atoms with Crippen LogP contribution in [0.2, 0.25) is 0 Å². The Labute approximate surface area is 134 Å². The number of hydrogen-bond donors (Lipinski definition) is 0. The molecule has 2 atom stereocenters. The molecule has 0 radical (unpaired) electrons. The summed E-state index contributed by atoms with van der Waals surface area (Å²) in [5, 5.41) is 3.72. The first-order chi connectivity index (χ1) is 11.2. The van der Waals surface area contributed by atoms with Crippen molar-refractivity contribution >= 4 is 5.91 Å². The minimum absolute atomic E-state index is 0.0348. The Morgan fingerprint density at radius 2 is 2.09 bits per heavy atom. The van der Waals surface area contributed by atoms with Gasteiger partial charge < -0.3 is 14.2 Å². The van der Waals surface area contributed by atoms with Gasteiger partial charge in [-0.05, 0) is 25.8 Å². The van der Waals surface area contributed by atoms with Gasteiger partial charge in [0.05, 0.1) is 6.20 Å². The first-order valence-corrected chi connectivity index (χ1v) is 8.04. The molecule has 6 nitrogen and oxygen atoms in total. The maximum atomic E-state index is 12.8. The normalized spacial score (nSPS) is 26.3. The average Bonchev–Trinajstić information content (AvgIpc) is 3.09. The molecular formula is C17H19N3O3. The van der Waals surface area contributed by atoms with Gasteiger partial charge in [-0.3, -0.25) is 4.79 Å². The van der Waals surface area contributed by atoms with Gasteiger partial charge in [0.2, 0.25) is 5.88 Å². The molecule has 2 saturated heterocycles. The number of aryl methyl sites for hydroxylation is 1. The maximum Gasteiger partial charge on any atom is 0.259 e. The van der Waals surface area contributed by atoms with Crippen molar-refractivity contribution < 1.29 is 14.1 Å². The molecule has 120 valence electrons. The van der Waals surface area contributed by atoms with Gasteiger partial charge in [0.15, 0.2) is 0 Å². The topological polar surface area (TPSA) is 68.5 Å². The lowest BCUT2D eigenvalue weighted by atomic mass is 9.98. The first kappa shape index (κ1) is 14.2. The van der Waals surface area contributed by atoms with Gasteiger partial charge in [0.25, 0.3) is 5.91 Å². The standard InChI is InChI=1S/C17H19N3O3/c1-11-15(10-19-23-11)17(21)20-12-5-6-13(20)9-14(8-12)22-16-4-2-3-7-18-16/h2-4,7,10,12-14H,5-6,8-9H2,1H3. The molecule has 0 aliphatic carbocycles. The van der Waals surface area contributed by atoms with Crippen LogP contribution in [0.5, 0.6) is 5.88 Å². The summed E-state index contributed by atoms with van der Waals surface area (Å²) in [6.45, 7) is 1.78. The Hall–Kier alpha value is -2.37. The van der Waals surface area contributed by atoms with E-state index < -0.39 is 0 Å². The van der Waals surface area contributed by atoms with E-state index in [-0.39, 0.29) is 24.1 Å². The molecule has 2 aromatic heterocycles. The SMILES string of the molecule is Cc1oncc1C(=O)N1C2CCC1CC(Oc1ccccn1)C2. The number of fused-ring (bicyclic) bond motifs is 2. The number of nitrogens with zero attached hydrogens (tertiary/aromatic N) is 3. The Balaban J connectivity index is 1.48. The van der Waals surface area contributed by atoms with E-state index in [4.69, 9.17) is 9.26 Å². The third-order valence-electron chi connectivity index (χ3n) is 4.83. The second-order valence-electron chi connectivity index (χ2n) is 6.27. The number of amides is 1. The van der Waals surface area contributed by atoms with E-state index in [0.717, 1.165) is 25.7 Å². The number of pyridine rings is 1. The van der Waals surface area contributed by atoms with E-state index in [1.807, 2.05) is 23.1 Å². The summed E-state index contributed by atoms with van der Waals surface area (Å²) in [5.41, 5.74) is 0.575. The minimum atomic E-state index is 0.0348. The van der Waals surface area contributed by atoms with Crippen molar-refractivity contribution in [2.24, 2.45) is 0 Å². The van der Waals surface area contributed by atoms with Crippen LogP contribution >= 0.6 is 0 Å².